The third-order valence-electron chi connectivity index (χ3n) is 11.4. The molecular weight excluding hydrogens is 861 g/mol. The summed E-state index contributed by atoms with van der Waals surface area (Å²) in [7, 11) is 0. The molecule has 1 aromatic carbocycles. The van der Waals surface area contributed by atoms with E-state index in [0.29, 0.717) is 24.8 Å². The van der Waals surface area contributed by atoms with Gasteiger partial charge in [-0.2, -0.15) is 0 Å². The Bertz CT molecular complexity index is 2040. The number of aldehydes is 1. The number of carbonyl (C=O) groups is 10. The topological polar surface area (TPSA) is 350 Å². The second kappa shape index (κ2) is 25.1. The fourth-order valence-electron chi connectivity index (χ4n) is 7.67. The van der Waals surface area contributed by atoms with Crippen LogP contribution in [0.2, 0.25) is 0 Å². The van der Waals surface area contributed by atoms with E-state index in [4.69, 9.17) is 11.5 Å². The maximum atomic E-state index is 13.7. The first-order chi connectivity index (χ1) is 31.4. The Hall–Kier alpha value is -6.75. The molecule has 2 fully saturated rings. The average Bonchev–Trinajstić information content (AvgIpc) is 4.11. The number of likely N-dealkylation sites (tertiary alicyclic amines) is 2. The van der Waals surface area contributed by atoms with Crippen LogP contribution in [0.1, 0.15) is 70.6 Å². The monoisotopic (exact) mass is 922 g/mol. The van der Waals surface area contributed by atoms with Crippen LogP contribution in [0.4, 0.5) is 0 Å². The maximum Gasteiger partial charge on any atom is 0.245 e. The van der Waals surface area contributed by atoms with Crippen molar-refractivity contribution in [2.24, 2.45) is 17.4 Å². The van der Waals surface area contributed by atoms with Crippen molar-refractivity contribution in [3.05, 3.63) is 54.1 Å². The molecular formula is C43H62N12O11. The van der Waals surface area contributed by atoms with E-state index in [9.17, 15) is 53.1 Å². The number of hydrogen-bond donors (Lipinski definition) is 10. The number of primary amides is 1. The zero-order valence-corrected chi connectivity index (χ0v) is 37.3. The zero-order chi connectivity index (χ0) is 48.5. The fourth-order valence-corrected chi connectivity index (χ4v) is 7.67. The van der Waals surface area contributed by atoms with Crippen LogP contribution in [0.25, 0.3) is 0 Å². The van der Waals surface area contributed by atoms with Gasteiger partial charge in [0.1, 0.15) is 42.5 Å². The SMILES string of the molecule is CC(C)[C@@H](C=O)NC(=O)CNC(=O)[C@H](Cc1cnc[nH]1)NC(=O)[C@@H]1CCCN1C(=O)[C@H](C)NC(=O)[C@H](CO)NC(=O)[C@H](CCC(N)=O)NC(=O)[C@@H]1CCCN1C(=O)[C@@H](N)Cc1ccccc1. The quantitative estimate of drug-likeness (QED) is 0.0452. The Balaban J connectivity index is 1.36. The van der Waals surface area contributed by atoms with Crippen molar-refractivity contribution >= 4 is 59.5 Å². The van der Waals surface area contributed by atoms with Crippen molar-refractivity contribution in [2.75, 3.05) is 26.2 Å². The van der Waals surface area contributed by atoms with Crippen LogP contribution >= 0.6 is 0 Å². The highest BCUT2D eigenvalue weighted by molar-refractivity contribution is 5.98. The number of rotatable bonds is 24. The highest BCUT2D eigenvalue weighted by Crippen LogP contribution is 2.21. The molecule has 2 aliphatic rings. The van der Waals surface area contributed by atoms with Gasteiger partial charge in [-0.1, -0.05) is 44.2 Å². The van der Waals surface area contributed by atoms with Crippen LogP contribution in [0.15, 0.2) is 42.9 Å². The van der Waals surface area contributed by atoms with Gasteiger partial charge in [-0.05, 0) is 56.9 Å². The van der Waals surface area contributed by atoms with Gasteiger partial charge in [0.05, 0.1) is 31.6 Å². The Kier molecular flexibility index (Phi) is 19.7. The summed E-state index contributed by atoms with van der Waals surface area (Å²) in [4.78, 5) is 140. The van der Waals surface area contributed by atoms with Gasteiger partial charge in [-0.15, -0.1) is 0 Å². The molecule has 66 heavy (non-hydrogen) atoms. The Morgan fingerprint density at radius 3 is 1.97 bits per heavy atom. The number of imidazole rings is 1. The highest BCUT2D eigenvalue weighted by atomic mass is 16.3. The van der Waals surface area contributed by atoms with Crippen LogP contribution < -0.4 is 43.4 Å². The van der Waals surface area contributed by atoms with Gasteiger partial charge in [0.2, 0.25) is 53.2 Å². The van der Waals surface area contributed by atoms with Gasteiger partial charge in [-0.25, -0.2) is 4.98 Å². The lowest BCUT2D eigenvalue weighted by Gasteiger charge is -2.30. The second-order valence-corrected chi connectivity index (χ2v) is 16.7. The number of aliphatic hydroxyl groups excluding tert-OH is 1. The van der Waals surface area contributed by atoms with Crippen molar-refractivity contribution in [2.45, 2.75) is 120 Å². The Morgan fingerprint density at radius 1 is 0.803 bits per heavy atom. The molecule has 8 atom stereocenters. The molecule has 2 aliphatic heterocycles. The maximum absolute atomic E-state index is 13.7. The van der Waals surface area contributed by atoms with E-state index in [2.05, 4.69) is 41.9 Å². The summed E-state index contributed by atoms with van der Waals surface area (Å²) in [6.45, 7) is 3.77. The molecule has 360 valence electrons. The summed E-state index contributed by atoms with van der Waals surface area (Å²) in [5.74, 6) is -6.78. The van der Waals surface area contributed by atoms with Crippen LogP contribution in [-0.2, 0) is 60.8 Å². The molecule has 12 N–H and O–H groups in total. The van der Waals surface area contributed by atoms with E-state index in [0.717, 1.165) is 5.56 Å². The molecule has 0 aliphatic carbocycles. The molecule has 4 rings (SSSR count). The van der Waals surface area contributed by atoms with Gasteiger partial charge in [0.15, 0.2) is 0 Å². The van der Waals surface area contributed by atoms with Crippen LogP contribution in [0.3, 0.4) is 0 Å². The lowest BCUT2D eigenvalue weighted by molar-refractivity contribution is -0.142. The molecule has 3 heterocycles. The Labute approximate surface area is 381 Å². The summed E-state index contributed by atoms with van der Waals surface area (Å²) >= 11 is 0. The molecule has 2 aromatic rings. The molecule has 0 spiro atoms. The summed E-state index contributed by atoms with van der Waals surface area (Å²) in [6, 6.07) is -0.211. The lowest BCUT2D eigenvalue weighted by Crippen LogP contribution is -2.60. The van der Waals surface area contributed by atoms with Crippen molar-refractivity contribution in [3.8, 4) is 0 Å². The minimum absolute atomic E-state index is 0.0563. The van der Waals surface area contributed by atoms with E-state index in [1.165, 1.54) is 29.2 Å². The number of nitrogens with zero attached hydrogens (tertiary/aromatic N) is 3. The summed E-state index contributed by atoms with van der Waals surface area (Å²) in [5, 5.41) is 25.2. The normalized spacial score (nSPS) is 18.5. The van der Waals surface area contributed by atoms with Gasteiger partial charge in [-0.3, -0.25) is 43.2 Å². The minimum atomic E-state index is -1.64. The number of nitrogens with two attached hydrogens (primary N) is 2. The largest absolute Gasteiger partial charge is 0.394 e. The van der Waals surface area contributed by atoms with Crippen molar-refractivity contribution in [1.29, 1.82) is 0 Å². The molecule has 2 saturated heterocycles. The first-order valence-corrected chi connectivity index (χ1v) is 21.9. The fraction of sp³-hybridized carbons (Fsp3) is 0.558. The first-order valence-electron chi connectivity index (χ1n) is 21.9. The summed E-state index contributed by atoms with van der Waals surface area (Å²) in [6.07, 6.45) is 4.35. The van der Waals surface area contributed by atoms with E-state index >= 15 is 0 Å². The molecule has 0 unspecified atom stereocenters. The van der Waals surface area contributed by atoms with Crippen molar-refractivity contribution in [1.82, 2.24) is 51.7 Å². The predicted molar refractivity (Wildman–Crippen MR) is 235 cm³/mol. The van der Waals surface area contributed by atoms with Crippen LogP contribution in [0.5, 0.6) is 0 Å². The smallest absolute Gasteiger partial charge is 0.245 e. The predicted octanol–water partition coefficient (Wildman–Crippen LogP) is -3.82. The molecule has 9 amide bonds. The number of carbonyl (C=O) groups excluding carboxylic acids is 10. The number of aromatic nitrogens is 2. The number of aromatic amines is 1. The van der Waals surface area contributed by atoms with Gasteiger partial charge in [0, 0.05) is 37.8 Å². The zero-order valence-electron chi connectivity index (χ0n) is 37.3. The van der Waals surface area contributed by atoms with Crippen LogP contribution in [-0.4, -0.2) is 159 Å². The van der Waals surface area contributed by atoms with Crippen LogP contribution in [0, 0.1) is 5.92 Å². The van der Waals surface area contributed by atoms with Gasteiger partial charge >= 0.3 is 0 Å². The molecule has 23 heteroatoms. The van der Waals surface area contributed by atoms with Crippen molar-refractivity contribution in [3.63, 3.8) is 0 Å². The first kappa shape index (κ1) is 51.9. The average molecular weight is 923 g/mol. The molecule has 1 aromatic heterocycles. The highest BCUT2D eigenvalue weighted by Gasteiger charge is 2.40. The number of hydrogen-bond acceptors (Lipinski definition) is 13. The third kappa shape index (κ3) is 14.9. The number of aliphatic hydroxyl groups is 1. The molecule has 0 saturated carbocycles. The van der Waals surface area contributed by atoms with E-state index in [1.54, 1.807) is 13.8 Å². The number of nitrogens with one attached hydrogen (secondary N) is 7. The van der Waals surface area contributed by atoms with E-state index in [-0.39, 0.29) is 57.5 Å². The summed E-state index contributed by atoms with van der Waals surface area (Å²) in [5.41, 5.74) is 12.9. The third-order valence-corrected chi connectivity index (χ3v) is 11.4. The number of amides is 9. The minimum Gasteiger partial charge on any atom is -0.394 e. The molecule has 23 nitrogen and oxygen atoms in total. The van der Waals surface area contributed by atoms with E-state index < -0.39 is 115 Å². The summed E-state index contributed by atoms with van der Waals surface area (Å²) < 4.78 is 0. The van der Waals surface area contributed by atoms with Gasteiger partial charge < -0.3 is 68.1 Å². The molecule has 0 radical (unpaired) electrons. The lowest BCUT2D eigenvalue weighted by atomic mass is 10.0. The second-order valence-electron chi connectivity index (χ2n) is 16.7. The standard InChI is InChI=1S/C43H62N12O11/c1-24(2)31(21-56)50-36(59)20-47-37(60)30(18-27-19-46-23-48-27)52-41(64)33-11-7-15-54(33)42(65)25(3)49-39(62)32(22-57)53-38(61)29(13-14-35(45)58)51-40(63)34-12-8-16-55(34)43(66)28(44)17-26-9-5-4-6-10-26/h4-6,9-10,19,21,23-25,28-34,57H,7-8,11-18,20,22,44H2,1-3H3,(H2,45,58)(H,46,48)(H,47,60)(H,49,62)(H,50,59)(H,51,63)(H,52,64)(H,53,61)/t25-,28-,29-,30-,31+,32-,33-,34-/m0/s1. The van der Waals surface area contributed by atoms with Gasteiger partial charge in [0.25, 0.3) is 0 Å². The number of benzene rings is 1. The van der Waals surface area contributed by atoms with E-state index in [1.807, 2.05) is 30.3 Å². The van der Waals surface area contributed by atoms with Crippen molar-refractivity contribution < 1.29 is 53.1 Å². The molecule has 0 bridgehead atoms. The number of H-pyrrole nitrogens is 1. The Morgan fingerprint density at radius 2 is 1.41 bits per heavy atom.